The molecule has 158 valence electrons. The molecule has 2 aliphatic heterocycles. The second-order valence-electron chi connectivity index (χ2n) is 7.79. The lowest BCUT2D eigenvalue weighted by Gasteiger charge is -2.33. The van der Waals surface area contributed by atoms with Gasteiger partial charge in [-0.25, -0.2) is 0 Å². The summed E-state index contributed by atoms with van der Waals surface area (Å²) in [5.74, 6) is -1.10. The Kier molecular flexibility index (Phi) is 5.63. The van der Waals surface area contributed by atoms with Gasteiger partial charge >= 0.3 is 0 Å². The minimum Gasteiger partial charge on any atom is -0.371 e. The molecule has 0 aliphatic carbocycles. The van der Waals surface area contributed by atoms with E-state index in [1.165, 1.54) is 16.2 Å². The van der Waals surface area contributed by atoms with Gasteiger partial charge in [0.15, 0.2) is 0 Å². The fourth-order valence-electron chi connectivity index (χ4n) is 3.54. The lowest BCUT2D eigenvalue weighted by atomic mass is 10.0. The molecule has 1 saturated heterocycles. The highest BCUT2D eigenvalue weighted by Gasteiger charge is 2.44. The number of benzene rings is 1. The van der Waals surface area contributed by atoms with Crippen LogP contribution in [0, 0.1) is 0 Å². The molecule has 1 aromatic heterocycles. The first-order valence-corrected chi connectivity index (χ1v) is 10.5. The highest BCUT2D eigenvalue weighted by atomic mass is 32.1. The fraction of sp³-hybridized carbons (Fsp3) is 0.450. The van der Waals surface area contributed by atoms with Crippen LogP contribution >= 0.6 is 11.3 Å². The summed E-state index contributed by atoms with van der Waals surface area (Å²) in [6.45, 7) is 3.95. The molecule has 0 spiro atoms. The number of nitrogens with zero attached hydrogens (tertiary/aromatic N) is 3. The summed E-state index contributed by atoms with van der Waals surface area (Å²) in [5.41, 5.74) is -0.151. The van der Waals surface area contributed by atoms with Crippen molar-refractivity contribution in [2.45, 2.75) is 38.3 Å². The number of ether oxygens (including phenoxy) is 2. The van der Waals surface area contributed by atoms with Gasteiger partial charge in [0.05, 0.1) is 23.3 Å². The second kappa shape index (κ2) is 8.21. The molecule has 0 radical (unpaired) electrons. The molecule has 2 aromatic rings. The molecule has 1 N–H and O–H groups in total. The van der Waals surface area contributed by atoms with E-state index in [9.17, 15) is 14.4 Å². The largest absolute Gasteiger partial charge is 0.371 e. The molecule has 1 unspecified atom stereocenters. The Morgan fingerprint density at radius 3 is 2.60 bits per heavy atom. The van der Waals surface area contributed by atoms with Crippen molar-refractivity contribution in [3.8, 4) is 0 Å². The van der Waals surface area contributed by atoms with Gasteiger partial charge in [-0.15, -0.1) is 10.2 Å². The first kappa shape index (κ1) is 20.6. The Bertz CT molecular complexity index is 948. The van der Waals surface area contributed by atoms with Crippen molar-refractivity contribution >= 4 is 34.2 Å². The normalized spacial score (nSPS) is 18.7. The van der Waals surface area contributed by atoms with Gasteiger partial charge < -0.3 is 9.47 Å². The molecule has 0 bridgehead atoms. The number of carbonyl (C=O) groups excluding carboxylic acids is 3. The van der Waals surface area contributed by atoms with Crippen LogP contribution in [0.4, 0.5) is 5.13 Å². The van der Waals surface area contributed by atoms with Crippen LogP contribution in [-0.4, -0.2) is 58.2 Å². The predicted molar refractivity (Wildman–Crippen MR) is 108 cm³/mol. The first-order chi connectivity index (χ1) is 14.4. The summed E-state index contributed by atoms with van der Waals surface area (Å²) < 4.78 is 11.1. The van der Waals surface area contributed by atoms with Crippen LogP contribution in [0.25, 0.3) is 0 Å². The average molecular weight is 430 g/mol. The SMILES string of the molecule is CC(C)(COCC(=O)Nc1nnc(C2CCCO2)s1)N1C(=O)c2ccccc2C1=O. The molecule has 30 heavy (non-hydrogen) atoms. The van der Waals surface area contributed by atoms with E-state index in [-0.39, 0.29) is 37.0 Å². The molecule has 9 nitrogen and oxygen atoms in total. The summed E-state index contributed by atoms with van der Waals surface area (Å²) in [5, 5.41) is 11.8. The van der Waals surface area contributed by atoms with E-state index in [4.69, 9.17) is 9.47 Å². The van der Waals surface area contributed by atoms with Crippen LogP contribution in [0.5, 0.6) is 0 Å². The average Bonchev–Trinajstić information content (AvgIpc) is 3.43. The van der Waals surface area contributed by atoms with E-state index in [1.54, 1.807) is 38.1 Å². The molecular formula is C20H22N4O5S. The standard InChI is InChI=1S/C20H22N4O5S/c1-20(2,24-17(26)12-6-3-4-7-13(12)18(24)27)11-28-10-15(25)21-19-23-22-16(30-19)14-8-5-9-29-14/h3-4,6-7,14H,5,8-11H2,1-2H3,(H,21,23,25). The van der Waals surface area contributed by atoms with Crippen LogP contribution in [0.1, 0.15) is 58.5 Å². The number of anilines is 1. The number of imide groups is 1. The highest BCUT2D eigenvalue weighted by Crippen LogP contribution is 2.32. The van der Waals surface area contributed by atoms with Crippen LogP contribution < -0.4 is 5.32 Å². The molecule has 2 aliphatic rings. The molecule has 1 atom stereocenters. The zero-order valence-corrected chi connectivity index (χ0v) is 17.5. The van der Waals surface area contributed by atoms with E-state index in [1.807, 2.05) is 0 Å². The topological polar surface area (TPSA) is 111 Å². The van der Waals surface area contributed by atoms with E-state index >= 15 is 0 Å². The van der Waals surface area contributed by atoms with E-state index < -0.39 is 5.54 Å². The van der Waals surface area contributed by atoms with Gasteiger partial charge in [0.25, 0.3) is 17.7 Å². The van der Waals surface area contributed by atoms with Gasteiger partial charge in [0, 0.05) is 6.61 Å². The third-order valence-corrected chi connectivity index (χ3v) is 5.91. The molecule has 3 heterocycles. The monoisotopic (exact) mass is 430 g/mol. The van der Waals surface area contributed by atoms with Crippen LogP contribution in [-0.2, 0) is 14.3 Å². The number of nitrogens with one attached hydrogen (secondary N) is 1. The Balaban J connectivity index is 1.30. The quantitative estimate of drug-likeness (QED) is 0.672. The van der Waals surface area contributed by atoms with Gasteiger partial charge in [-0.2, -0.15) is 0 Å². The van der Waals surface area contributed by atoms with Crippen molar-refractivity contribution in [2.24, 2.45) is 0 Å². The van der Waals surface area contributed by atoms with Crippen LogP contribution in [0.3, 0.4) is 0 Å². The maximum Gasteiger partial charge on any atom is 0.262 e. The third kappa shape index (κ3) is 3.98. The van der Waals surface area contributed by atoms with Crippen molar-refractivity contribution in [2.75, 3.05) is 25.1 Å². The van der Waals surface area contributed by atoms with Crippen molar-refractivity contribution in [3.05, 3.63) is 40.4 Å². The maximum absolute atomic E-state index is 12.6. The summed E-state index contributed by atoms with van der Waals surface area (Å²) in [4.78, 5) is 38.7. The number of carbonyl (C=O) groups is 3. The van der Waals surface area contributed by atoms with Gasteiger partial charge in [-0.05, 0) is 38.8 Å². The van der Waals surface area contributed by atoms with Crippen molar-refractivity contribution in [1.29, 1.82) is 0 Å². The molecule has 10 heteroatoms. The Labute approximate surface area is 177 Å². The van der Waals surface area contributed by atoms with Crippen molar-refractivity contribution in [3.63, 3.8) is 0 Å². The Morgan fingerprint density at radius 2 is 1.97 bits per heavy atom. The van der Waals surface area contributed by atoms with E-state index in [0.29, 0.717) is 22.9 Å². The van der Waals surface area contributed by atoms with Crippen LogP contribution in [0.2, 0.25) is 0 Å². The third-order valence-electron chi connectivity index (χ3n) is 4.98. The van der Waals surface area contributed by atoms with E-state index in [0.717, 1.165) is 17.8 Å². The van der Waals surface area contributed by atoms with Crippen molar-refractivity contribution < 1.29 is 23.9 Å². The maximum atomic E-state index is 12.6. The number of fused-ring (bicyclic) bond motifs is 1. The fourth-order valence-corrected chi connectivity index (χ4v) is 4.38. The van der Waals surface area contributed by atoms with Crippen molar-refractivity contribution in [1.82, 2.24) is 15.1 Å². The number of hydrogen-bond donors (Lipinski definition) is 1. The molecule has 1 aromatic carbocycles. The molecule has 4 rings (SSSR count). The van der Waals surface area contributed by atoms with Gasteiger partial charge in [-0.3, -0.25) is 24.6 Å². The van der Waals surface area contributed by atoms with Gasteiger partial charge in [-0.1, -0.05) is 23.5 Å². The summed E-state index contributed by atoms with van der Waals surface area (Å²) in [7, 11) is 0. The number of hydrogen-bond acceptors (Lipinski definition) is 8. The minimum absolute atomic E-state index is 0.0170. The van der Waals surface area contributed by atoms with E-state index in [2.05, 4.69) is 15.5 Å². The lowest BCUT2D eigenvalue weighted by Crippen LogP contribution is -2.50. The predicted octanol–water partition coefficient (Wildman–Crippen LogP) is 2.42. The Hall–Kier alpha value is -2.69. The zero-order chi connectivity index (χ0) is 21.3. The summed E-state index contributed by atoms with van der Waals surface area (Å²) in [6, 6.07) is 6.71. The summed E-state index contributed by atoms with van der Waals surface area (Å²) >= 11 is 1.28. The first-order valence-electron chi connectivity index (χ1n) is 9.67. The van der Waals surface area contributed by atoms with Crippen LogP contribution in [0.15, 0.2) is 24.3 Å². The highest BCUT2D eigenvalue weighted by molar-refractivity contribution is 7.15. The molecular weight excluding hydrogens is 408 g/mol. The number of aromatic nitrogens is 2. The minimum atomic E-state index is -0.914. The molecule has 1 fully saturated rings. The smallest absolute Gasteiger partial charge is 0.262 e. The number of amides is 3. The molecule has 0 saturated carbocycles. The second-order valence-corrected chi connectivity index (χ2v) is 8.80. The van der Waals surface area contributed by atoms with Gasteiger partial charge in [0.1, 0.15) is 17.7 Å². The Morgan fingerprint density at radius 1 is 1.27 bits per heavy atom. The lowest BCUT2D eigenvalue weighted by molar-refractivity contribution is -0.121. The van der Waals surface area contributed by atoms with Gasteiger partial charge in [0.2, 0.25) is 5.13 Å². The zero-order valence-electron chi connectivity index (χ0n) is 16.7. The molecule has 3 amide bonds. The summed E-state index contributed by atoms with van der Waals surface area (Å²) in [6.07, 6.45) is 1.84. The number of rotatable bonds is 7.